The van der Waals surface area contributed by atoms with E-state index < -0.39 is 0 Å². The van der Waals surface area contributed by atoms with Crippen LogP contribution in [0, 0.1) is 0 Å². The summed E-state index contributed by atoms with van der Waals surface area (Å²) in [5, 5.41) is 8.89. The van der Waals surface area contributed by atoms with Crippen molar-refractivity contribution >= 4 is 66.5 Å². The molecular formula is C21H14BrN3OS. The fourth-order valence-corrected chi connectivity index (χ4v) is 3.70. The molecule has 4 nitrogen and oxygen atoms in total. The van der Waals surface area contributed by atoms with Gasteiger partial charge in [-0.05, 0) is 47.3 Å². The molecule has 0 fully saturated rings. The molecule has 0 saturated heterocycles. The summed E-state index contributed by atoms with van der Waals surface area (Å²) in [4.78, 5) is 17.1. The molecule has 3 aromatic carbocycles. The molecule has 1 amide bonds. The van der Waals surface area contributed by atoms with E-state index >= 15 is 0 Å². The van der Waals surface area contributed by atoms with Crippen LogP contribution >= 0.6 is 28.1 Å². The zero-order chi connectivity index (χ0) is 18.8. The molecule has 132 valence electrons. The summed E-state index contributed by atoms with van der Waals surface area (Å²) in [6.07, 6.45) is 1.73. The van der Waals surface area contributed by atoms with Gasteiger partial charge in [0.15, 0.2) is 5.11 Å². The van der Waals surface area contributed by atoms with Crippen LogP contribution in [0.2, 0.25) is 0 Å². The first-order valence-electron chi connectivity index (χ1n) is 8.27. The van der Waals surface area contributed by atoms with Crippen LogP contribution in [0.5, 0.6) is 0 Å². The normalized spacial score (nSPS) is 10.7. The molecule has 6 heteroatoms. The number of para-hydroxylation sites is 1. The van der Waals surface area contributed by atoms with Gasteiger partial charge in [0.25, 0.3) is 5.91 Å². The lowest BCUT2D eigenvalue weighted by Gasteiger charge is -2.12. The Morgan fingerprint density at radius 3 is 2.56 bits per heavy atom. The third-order valence-electron chi connectivity index (χ3n) is 4.22. The topological polar surface area (TPSA) is 54.0 Å². The first-order valence-corrected chi connectivity index (χ1v) is 9.47. The summed E-state index contributed by atoms with van der Waals surface area (Å²) in [7, 11) is 0. The number of aromatic nitrogens is 1. The maximum Gasteiger partial charge on any atom is 0.258 e. The standard InChI is InChI=1S/C21H14BrN3OS/c22-17-10-3-7-14-15(17)8-2-9-16(14)20(26)25-21(27)24-18-11-1-5-13-6-4-12-23-19(13)18/h1-12H,(H2,24,25,26,27). The number of benzene rings is 3. The number of fused-ring (bicyclic) bond motifs is 2. The number of carbonyl (C=O) groups is 1. The molecule has 0 atom stereocenters. The van der Waals surface area contributed by atoms with Crippen molar-refractivity contribution in [3.63, 3.8) is 0 Å². The van der Waals surface area contributed by atoms with E-state index in [2.05, 4.69) is 31.5 Å². The molecule has 0 unspecified atom stereocenters. The van der Waals surface area contributed by atoms with E-state index in [-0.39, 0.29) is 11.0 Å². The van der Waals surface area contributed by atoms with E-state index in [4.69, 9.17) is 12.2 Å². The van der Waals surface area contributed by atoms with Crippen LogP contribution in [-0.4, -0.2) is 16.0 Å². The Morgan fingerprint density at radius 2 is 1.67 bits per heavy atom. The average Bonchev–Trinajstić information content (AvgIpc) is 2.68. The predicted octanol–water partition coefficient (Wildman–Crippen LogP) is 5.28. The van der Waals surface area contributed by atoms with Gasteiger partial charge in [-0.1, -0.05) is 58.4 Å². The van der Waals surface area contributed by atoms with E-state index in [1.165, 1.54) is 0 Å². The van der Waals surface area contributed by atoms with Gasteiger partial charge in [-0.2, -0.15) is 0 Å². The molecule has 0 spiro atoms. The van der Waals surface area contributed by atoms with Crippen molar-refractivity contribution in [2.24, 2.45) is 0 Å². The van der Waals surface area contributed by atoms with E-state index in [9.17, 15) is 4.79 Å². The van der Waals surface area contributed by atoms with Crippen molar-refractivity contribution in [2.45, 2.75) is 0 Å². The number of pyridine rings is 1. The zero-order valence-electron chi connectivity index (χ0n) is 14.1. The van der Waals surface area contributed by atoms with Crippen molar-refractivity contribution in [1.29, 1.82) is 0 Å². The second-order valence-electron chi connectivity index (χ2n) is 5.93. The molecule has 4 rings (SSSR count). The van der Waals surface area contributed by atoms with Gasteiger partial charge in [-0.3, -0.25) is 15.1 Å². The zero-order valence-corrected chi connectivity index (χ0v) is 16.5. The predicted molar refractivity (Wildman–Crippen MR) is 117 cm³/mol. The Balaban J connectivity index is 1.58. The number of thiocarbonyl (C=S) groups is 1. The molecule has 0 saturated carbocycles. The number of nitrogens with one attached hydrogen (secondary N) is 2. The van der Waals surface area contributed by atoms with Gasteiger partial charge in [-0.25, -0.2) is 0 Å². The Labute approximate surface area is 169 Å². The average molecular weight is 436 g/mol. The summed E-state index contributed by atoms with van der Waals surface area (Å²) in [6.45, 7) is 0. The molecule has 27 heavy (non-hydrogen) atoms. The first-order chi connectivity index (χ1) is 13.1. The Bertz CT molecular complexity index is 1190. The number of nitrogens with zero attached hydrogens (tertiary/aromatic N) is 1. The van der Waals surface area contributed by atoms with Gasteiger partial charge in [-0.15, -0.1) is 0 Å². The number of halogens is 1. The van der Waals surface area contributed by atoms with Gasteiger partial charge in [0.1, 0.15) is 0 Å². The lowest BCUT2D eigenvalue weighted by atomic mass is 10.0. The molecule has 0 aliphatic heterocycles. The number of hydrogen-bond donors (Lipinski definition) is 2. The quantitative estimate of drug-likeness (QED) is 0.420. The van der Waals surface area contributed by atoms with Gasteiger partial charge in [0.2, 0.25) is 0 Å². The summed E-state index contributed by atoms with van der Waals surface area (Å²) in [6, 6.07) is 21.0. The van der Waals surface area contributed by atoms with Crippen molar-refractivity contribution in [1.82, 2.24) is 10.3 Å². The van der Waals surface area contributed by atoms with E-state index in [0.717, 1.165) is 31.8 Å². The first kappa shape index (κ1) is 17.6. The lowest BCUT2D eigenvalue weighted by Crippen LogP contribution is -2.34. The SMILES string of the molecule is O=C(NC(=S)Nc1cccc2cccnc12)c1cccc2c(Br)cccc12. The van der Waals surface area contributed by atoms with Gasteiger partial charge >= 0.3 is 0 Å². The molecular weight excluding hydrogens is 422 g/mol. The summed E-state index contributed by atoms with van der Waals surface area (Å²) >= 11 is 8.87. The Kier molecular flexibility index (Phi) is 4.83. The third kappa shape index (κ3) is 3.54. The Morgan fingerprint density at radius 1 is 0.926 bits per heavy atom. The molecule has 2 N–H and O–H groups in total. The highest BCUT2D eigenvalue weighted by Gasteiger charge is 2.13. The van der Waals surface area contributed by atoms with E-state index in [1.807, 2.05) is 60.7 Å². The minimum absolute atomic E-state index is 0.227. The highest BCUT2D eigenvalue weighted by Crippen LogP contribution is 2.26. The minimum atomic E-state index is -0.260. The number of carbonyl (C=O) groups excluding carboxylic acids is 1. The highest BCUT2D eigenvalue weighted by molar-refractivity contribution is 9.10. The van der Waals surface area contributed by atoms with Gasteiger partial charge in [0, 0.05) is 21.6 Å². The molecule has 1 aromatic heterocycles. The van der Waals surface area contributed by atoms with Gasteiger partial charge < -0.3 is 5.32 Å². The number of anilines is 1. The molecule has 0 radical (unpaired) electrons. The minimum Gasteiger partial charge on any atom is -0.331 e. The summed E-state index contributed by atoms with van der Waals surface area (Å²) in [5.41, 5.74) is 2.11. The fourth-order valence-electron chi connectivity index (χ4n) is 3.00. The van der Waals surface area contributed by atoms with Crippen LogP contribution in [0.3, 0.4) is 0 Å². The van der Waals surface area contributed by atoms with Crippen molar-refractivity contribution in [2.75, 3.05) is 5.32 Å². The second kappa shape index (κ2) is 7.42. The van der Waals surface area contributed by atoms with Crippen LogP contribution in [0.25, 0.3) is 21.7 Å². The maximum atomic E-state index is 12.8. The molecule has 0 aliphatic rings. The molecule has 0 aliphatic carbocycles. The van der Waals surface area contributed by atoms with Crippen molar-refractivity contribution < 1.29 is 4.79 Å². The highest BCUT2D eigenvalue weighted by atomic mass is 79.9. The molecule has 1 heterocycles. The second-order valence-corrected chi connectivity index (χ2v) is 7.19. The summed E-state index contributed by atoms with van der Waals surface area (Å²) in [5.74, 6) is -0.260. The number of hydrogen-bond acceptors (Lipinski definition) is 3. The largest absolute Gasteiger partial charge is 0.331 e. The summed E-state index contributed by atoms with van der Waals surface area (Å²) < 4.78 is 0.942. The van der Waals surface area contributed by atoms with Crippen LogP contribution in [0.15, 0.2) is 77.4 Å². The smallest absolute Gasteiger partial charge is 0.258 e. The van der Waals surface area contributed by atoms with Gasteiger partial charge in [0.05, 0.1) is 11.2 Å². The van der Waals surface area contributed by atoms with E-state index in [1.54, 1.807) is 12.3 Å². The lowest BCUT2D eigenvalue weighted by molar-refractivity contribution is 0.0979. The van der Waals surface area contributed by atoms with Crippen molar-refractivity contribution in [3.05, 3.63) is 83.0 Å². The van der Waals surface area contributed by atoms with Crippen LogP contribution in [0.4, 0.5) is 5.69 Å². The number of amides is 1. The maximum absolute atomic E-state index is 12.8. The monoisotopic (exact) mass is 435 g/mol. The third-order valence-corrected chi connectivity index (χ3v) is 5.12. The van der Waals surface area contributed by atoms with E-state index in [0.29, 0.717) is 5.56 Å². The van der Waals surface area contributed by atoms with Crippen LogP contribution < -0.4 is 10.6 Å². The fraction of sp³-hybridized carbons (Fsp3) is 0. The van der Waals surface area contributed by atoms with Crippen LogP contribution in [0.1, 0.15) is 10.4 Å². The van der Waals surface area contributed by atoms with Crippen molar-refractivity contribution in [3.8, 4) is 0 Å². The van der Waals surface area contributed by atoms with Crippen LogP contribution in [-0.2, 0) is 0 Å². The molecule has 0 bridgehead atoms. The molecule has 4 aromatic rings. The number of rotatable bonds is 2. The Hall–Kier alpha value is -2.83.